The van der Waals surface area contributed by atoms with Gasteiger partial charge in [-0.25, -0.2) is 16.8 Å². The number of hydrogen-bond acceptors (Lipinski definition) is 8. The predicted octanol–water partition coefficient (Wildman–Crippen LogP) is 28.3. The summed E-state index contributed by atoms with van der Waals surface area (Å²) in [6, 6.07) is 0. The van der Waals surface area contributed by atoms with E-state index in [9.17, 15) is 25.9 Å². The maximum Gasteiger partial charge on any atom is 2.00 e. The van der Waals surface area contributed by atoms with Crippen LogP contribution in [0.1, 0.15) is 477 Å². The fourth-order valence-electron chi connectivity index (χ4n) is 13.3. The van der Waals surface area contributed by atoms with Gasteiger partial charge in [-0.3, -0.25) is 8.37 Å². The second-order valence-electron chi connectivity index (χ2n) is 28.8. The Bertz CT molecular complexity index is 1540. The SMILES string of the molecule is CCCCCCCCCCCCCCCCC/C=C/C(CCCCCCCCCCCCCCCCCCCC)COS(=O)(=O)[O-].CCCCCCCCCCCCCCCCC/C=C/C(CCCCCCCCCCCCCCCCCCCC)COS(=O)(=O)[O-].[Ca+2]. The Morgan fingerprint density at radius 2 is 0.376 bits per heavy atom. The quantitative estimate of drug-likeness (QED) is 0.0193. The predicted molar refractivity (Wildman–Crippen MR) is 408 cm³/mol. The molecule has 0 spiro atoms. The van der Waals surface area contributed by atoms with Gasteiger partial charge in [0, 0.05) is 11.8 Å². The molecule has 0 bridgehead atoms. The molecule has 0 aliphatic carbocycles. The molecule has 0 saturated heterocycles. The topological polar surface area (TPSA) is 133 Å². The van der Waals surface area contributed by atoms with Crippen molar-refractivity contribution in [2.75, 3.05) is 13.2 Å². The number of unbranched alkanes of at least 4 members (excludes halogenated alkanes) is 64. The molecule has 0 saturated carbocycles. The Balaban J connectivity index is -0.00000172. The van der Waals surface area contributed by atoms with Crippen molar-refractivity contribution < 1.29 is 34.3 Å². The molecule has 2 unspecified atom stereocenters. The fraction of sp³-hybridized carbons (Fsp3) is 0.951. The Labute approximate surface area is 614 Å². The van der Waals surface area contributed by atoms with Gasteiger partial charge in [0.25, 0.3) is 0 Å². The van der Waals surface area contributed by atoms with Crippen molar-refractivity contribution in [1.82, 2.24) is 0 Å². The molecule has 0 rings (SSSR count). The third-order valence-corrected chi connectivity index (χ3v) is 20.3. The van der Waals surface area contributed by atoms with E-state index in [4.69, 9.17) is 0 Å². The van der Waals surface area contributed by atoms with E-state index in [2.05, 4.69) is 60.4 Å². The van der Waals surface area contributed by atoms with Crippen LogP contribution in [0.25, 0.3) is 0 Å². The summed E-state index contributed by atoms with van der Waals surface area (Å²) in [5, 5.41) is 0. The molecular weight excluding hydrogens is 1220 g/mol. The monoisotopic (exact) mass is 1380 g/mol. The van der Waals surface area contributed by atoms with Crippen LogP contribution in [-0.4, -0.2) is 76.9 Å². The molecule has 0 aromatic rings. The summed E-state index contributed by atoms with van der Waals surface area (Å²) in [6.07, 6.45) is 102. The minimum Gasteiger partial charge on any atom is -0.726 e. The van der Waals surface area contributed by atoms with E-state index < -0.39 is 20.8 Å². The normalized spacial score (nSPS) is 12.7. The maximum absolute atomic E-state index is 11.0. The van der Waals surface area contributed by atoms with Gasteiger partial charge in [0.15, 0.2) is 0 Å². The number of hydrogen-bond donors (Lipinski definition) is 0. The molecule has 2 atom stereocenters. The van der Waals surface area contributed by atoms with Crippen LogP contribution >= 0.6 is 0 Å². The molecule has 0 aliphatic heterocycles. The van der Waals surface area contributed by atoms with E-state index in [1.54, 1.807) is 0 Å². The molecule has 0 aromatic carbocycles. The van der Waals surface area contributed by atoms with Gasteiger partial charge in [0.2, 0.25) is 20.8 Å². The Kier molecular flexibility index (Phi) is 87.3. The Morgan fingerprint density at radius 3 is 0.527 bits per heavy atom. The van der Waals surface area contributed by atoms with Crippen molar-refractivity contribution in [2.24, 2.45) is 11.8 Å². The van der Waals surface area contributed by atoms with E-state index in [1.807, 2.05) is 0 Å². The van der Waals surface area contributed by atoms with Crippen LogP contribution in [0.4, 0.5) is 0 Å². The summed E-state index contributed by atoms with van der Waals surface area (Å²) in [4.78, 5) is 0. The van der Waals surface area contributed by atoms with Gasteiger partial charge in [-0.05, 0) is 38.5 Å². The minimum atomic E-state index is -4.63. The first kappa shape index (κ1) is 97.7. The molecule has 8 nitrogen and oxygen atoms in total. The van der Waals surface area contributed by atoms with Crippen LogP contribution in [0, 0.1) is 11.8 Å². The first-order valence-corrected chi connectivity index (χ1v) is 44.2. The van der Waals surface area contributed by atoms with Gasteiger partial charge in [-0.1, -0.05) is 463 Å². The summed E-state index contributed by atoms with van der Waals surface area (Å²) in [7, 11) is -9.26. The van der Waals surface area contributed by atoms with E-state index in [1.165, 1.54) is 411 Å². The van der Waals surface area contributed by atoms with E-state index in [-0.39, 0.29) is 62.8 Å². The molecule has 0 N–H and O–H groups in total. The number of rotatable bonds is 78. The van der Waals surface area contributed by atoms with E-state index >= 15 is 0 Å². The molecule has 0 radical (unpaired) electrons. The number of allylic oxidation sites excluding steroid dienone is 2. The van der Waals surface area contributed by atoms with E-state index in [0.717, 1.165) is 38.5 Å². The van der Waals surface area contributed by atoms with Gasteiger partial charge < -0.3 is 9.11 Å². The van der Waals surface area contributed by atoms with Crippen LogP contribution in [-0.2, 0) is 29.2 Å². The molecule has 0 fully saturated rings. The van der Waals surface area contributed by atoms with Crippen LogP contribution in [0.2, 0.25) is 0 Å². The van der Waals surface area contributed by atoms with Crippen molar-refractivity contribution >= 4 is 58.5 Å². The van der Waals surface area contributed by atoms with Crippen molar-refractivity contribution in [1.29, 1.82) is 0 Å². The van der Waals surface area contributed by atoms with Gasteiger partial charge >= 0.3 is 37.7 Å². The zero-order chi connectivity index (χ0) is 67.3. The molecule has 0 amide bonds. The van der Waals surface area contributed by atoms with Crippen LogP contribution < -0.4 is 0 Å². The summed E-state index contributed by atoms with van der Waals surface area (Å²) < 4.78 is 75.3. The maximum atomic E-state index is 11.0. The zero-order valence-corrected chi connectivity index (χ0v) is 67.0. The molecular formula is C82H162CaO8S2. The van der Waals surface area contributed by atoms with Crippen LogP contribution in [0.15, 0.2) is 24.3 Å². The van der Waals surface area contributed by atoms with Gasteiger partial charge in [0.1, 0.15) is 0 Å². The second kappa shape index (κ2) is 83.1. The largest absolute Gasteiger partial charge is 2.00 e. The average molecular weight is 1380 g/mol. The van der Waals surface area contributed by atoms with Gasteiger partial charge in [-0.15, -0.1) is 0 Å². The first-order chi connectivity index (χ1) is 45.0. The smallest absolute Gasteiger partial charge is 0.726 e. The van der Waals surface area contributed by atoms with Crippen LogP contribution in [0.3, 0.4) is 0 Å². The second-order valence-corrected chi connectivity index (χ2v) is 30.9. The molecule has 0 aliphatic rings. The fourth-order valence-corrected chi connectivity index (χ4v) is 14.0. The van der Waals surface area contributed by atoms with Crippen molar-refractivity contribution in [3.05, 3.63) is 24.3 Å². The van der Waals surface area contributed by atoms with Gasteiger partial charge in [-0.2, -0.15) is 0 Å². The molecule has 0 heterocycles. The summed E-state index contributed by atoms with van der Waals surface area (Å²) in [5.41, 5.74) is 0. The standard InChI is InChI=1S/2C41H82O4S.Ca/c2*1-3-5-7-9-11-13-15-17-19-21-23-25-27-29-31-33-35-37-39-41(40-45-46(42,43)44)38-36-34-32-30-28-26-24-22-20-18-16-14-12-10-8-6-4-2;/h2*36,38,41H,3-35,37,39-40H2,1-2H3,(H,42,43,44);/q;;+2/p-2/b2*38-36+;. The third-order valence-electron chi connectivity index (χ3n) is 19.5. The molecule has 93 heavy (non-hydrogen) atoms. The third kappa shape index (κ3) is 92.5. The summed E-state index contributed by atoms with van der Waals surface area (Å²) in [5.74, 6) is 0.0299. The summed E-state index contributed by atoms with van der Waals surface area (Å²) >= 11 is 0. The van der Waals surface area contributed by atoms with Crippen molar-refractivity contribution in [3.8, 4) is 0 Å². The zero-order valence-electron chi connectivity index (χ0n) is 63.2. The Hall–Kier alpha value is 0.480. The van der Waals surface area contributed by atoms with Crippen molar-refractivity contribution in [3.63, 3.8) is 0 Å². The average Bonchev–Trinajstić information content (AvgIpc) is 3.75. The Morgan fingerprint density at radius 1 is 0.237 bits per heavy atom. The van der Waals surface area contributed by atoms with Crippen LogP contribution in [0.5, 0.6) is 0 Å². The van der Waals surface area contributed by atoms with Crippen molar-refractivity contribution in [2.45, 2.75) is 477 Å². The minimum absolute atomic E-state index is 0. The summed E-state index contributed by atoms with van der Waals surface area (Å²) in [6.45, 7) is 9.10. The molecule has 11 heteroatoms. The first-order valence-electron chi connectivity index (χ1n) is 41.5. The van der Waals surface area contributed by atoms with E-state index in [0.29, 0.717) is 0 Å². The molecule has 552 valence electrons. The molecule has 0 aromatic heterocycles. The van der Waals surface area contributed by atoms with Gasteiger partial charge in [0.05, 0.1) is 13.2 Å².